The van der Waals surface area contributed by atoms with Crippen LogP contribution >= 0.6 is 0 Å². The highest BCUT2D eigenvalue weighted by molar-refractivity contribution is 5.74. The molecule has 3 heterocycles. The standard InChI is InChI=1S/C14H15N5/c1-9-5-12-13(17-6-9)19(14(15)18-12)8-11-7-16-4-3-10(11)2/h3-7H,8H2,1-2H3,(H2,15,18). The zero-order valence-electron chi connectivity index (χ0n) is 11.0. The van der Waals surface area contributed by atoms with Crippen molar-refractivity contribution in [1.82, 2.24) is 19.5 Å². The highest BCUT2D eigenvalue weighted by atomic mass is 15.2. The Balaban J connectivity index is 2.10. The maximum absolute atomic E-state index is 5.99. The van der Waals surface area contributed by atoms with Crippen molar-refractivity contribution in [2.45, 2.75) is 20.4 Å². The molecule has 5 nitrogen and oxygen atoms in total. The van der Waals surface area contributed by atoms with Gasteiger partial charge in [0, 0.05) is 18.6 Å². The predicted octanol–water partition coefficient (Wildman–Crippen LogP) is 2.07. The molecule has 0 aromatic carbocycles. The van der Waals surface area contributed by atoms with Crippen molar-refractivity contribution >= 4 is 17.1 Å². The van der Waals surface area contributed by atoms with Crippen molar-refractivity contribution < 1.29 is 0 Å². The van der Waals surface area contributed by atoms with E-state index in [1.54, 1.807) is 6.20 Å². The van der Waals surface area contributed by atoms with Crippen LogP contribution in [-0.2, 0) is 6.54 Å². The lowest BCUT2D eigenvalue weighted by molar-refractivity contribution is 0.816. The summed E-state index contributed by atoms with van der Waals surface area (Å²) in [6, 6.07) is 3.98. The van der Waals surface area contributed by atoms with E-state index in [4.69, 9.17) is 5.73 Å². The zero-order valence-corrected chi connectivity index (χ0v) is 11.0. The summed E-state index contributed by atoms with van der Waals surface area (Å²) in [5, 5.41) is 0. The van der Waals surface area contributed by atoms with Gasteiger partial charge in [-0.2, -0.15) is 0 Å². The first-order chi connectivity index (χ1) is 9.15. The van der Waals surface area contributed by atoms with E-state index in [9.17, 15) is 0 Å². The van der Waals surface area contributed by atoms with Crippen LogP contribution in [0.2, 0.25) is 0 Å². The molecule has 0 bridgehead atoms. The van der Waals surface area contributed by atoms with E-state index < -0.39 is 0 Å². The number of hydrogen-bond acceptors (Lipinski definition) is 4. The van der Waals surface area contributed by atoms with Gasteiger partial charge in [0.2, 0.25) is 5.95 Å². The Hall–Kier alpha value is -2.43. The van der Waals surface area contributed by atoms with Gasteiger partial charge >= 0.3 is 0 Å². The van der Waals surface area contributed by atoms with E-state index in [2.05, 4.69) is 21.9 Å². The molecule has 3 aromatic rings. The number of aryl methyl sites for hydroxylation is 2. The van der Waals surface area contributed by atoms with Gasteiger partial charge in [-0.1, -0.05) is 0 Å². The Labute approximate surface area is 111 Å². The summed E-state index contributed by atoms with van der Waals surface area (Å²) in [4.78, 5) is 12.9. The first-order valence-electron chi connectivity index (χ1n) is 6.13. The lowest BCUT2D eigenvalue weighted by Gasteiger charge is -2.08. The number of nitrogens with two attached hydrogens (primary N) is 1. The molecule has 0 saturated heterocycles. The lowest BCUT2D eigenvalue weighted by Crippen LogP contribution is -2.06. The molecule has 2 N–H and O–H groups in total. The first-order valence-corrected chi connectivity index (χ1v) is 6.13. The van der Waals surface area contributed by atoms with Gasteiger partial charge in [0.05, 0.1) is 6.54 Å². The van der Waals surface area contributed by atoms with Crippen LogP contribution < -0.4 is 5.73 Å². The molecule has 19 heavy (non-hydrogen) atoms. The molecule has 0 radical (unpaired) electrons. The molecule has 0 aliphatic carbocycles. The van der Waals surface area contributed by atoms with E-state index in [-0.39, 0.29) is 0 Å². The molecule has 0 saturated carbocycles. The van der Waals surface area contributed by atoms with Crippen LogP contribution in [0.5, 0.6) is 0 Å². The van der Waals surface area contributed by atoms with E-state index in [1.165, 1.54) is 5.56 Å². The van der Waals surface area contributed by atoms with E-state index in [0.29, 0.717) is 12.5 Å². The fourth-order valence-corrected chi connectivity index (χ4v) is 2.12. The van der Waals surface area contributed by atoms with Crippen molar-refractivity contribution in [3.05, 3.63) is 47.4 Å². The first kappa shape index (κ1) is 11.6. The predicted molar refractivity (Wildman–Crippen MR) is 74.8 cm³/mol. The van der Waals surface area contributed by atoms with E-state index in [1.807, 2.05) is 36.0 Å². The van der Waals surface area contributed by atoms with E-state index >= 15 is 0 Å². The summed E-state index contributed by atoms with van der Waals surface area (Å²) in [5.74, 6) is 0.483. The molecule has 0 amide bonds. The van der Waals surface area contributed by atoms with Gasteiger partial charge in [-0.3, -0.25) is 9.55 Å². The number of anilines is 1. The minimum atomic E-state index is 0.483. The van der Waals surface area contributed by atoms with Gasteiger partial charge in [0.25, 0.3) is 0 Å². The third kappa shape index (κ3) is 2.03. The van der Waals surface area contributed by atoms with Gasteiger partial charge in [0.1, 0.15) is 5.52 Å². The molecule has 0 aliphatic rings. The second-order valence-electron chi connectivity index (χ2n) is 4.71. The van der Waals surface area contributed by atoms with Crippen LogP contribution in [-0.4, -0.2) is 19.5 Å². The summed E-state index contributed by atoms with van der Waals surface area (Å²) in [7, 11) is 0. The minimum absolute atomic E-state index is 0.483. The Morgan fingerprint density at radius 2 is 2.11 bits per heavy atom. The zero-order chi connectivity index (χ0) is 13.4. The molecule has 96 valence electrons. The van der Waals surface area contributed by atoms with Crippen molar-refractivity contribution in [2.75, 3.05) is 5.73 Å². The minimum Gasteiger partial charge on any atom is -0.369 e. The molecule has 0 aliphatic heterocycles. The van der Waals surface area contributed by atoms with Gasteiger partial charge in [-0.05, 0) is 42.7 Å². The second kappa shape index (κ2) is 4.35. The number of fused-ring (bicyclic) bond motifs is 1. The molecule has 0 fully saturated rings. The van der Waals surface area contributed by atoms with Crippen molar-refractivity contribution in [1.29, 1.82) is 0 Å². The molecule has 3 rings (SSSR count). The third-order valence-corrected chi connectivity index (χ3v) is 3.23. The van der Waals surface area contributed by atoms with Gasteiger partial charge < -0.3 is 5.73 Å². The number of hydrogen-bond donors (Lipinski definition) is 1. The SMILES string of the molecule is Cc1cnc2c(c1)nc(N)n2Cc1cnccc1C. The molecular weight excluding hydrogens is 238 g/mol. The summed E-state index contributed by atoms with van der Waals surface area (Å²) >= 11 is 0. The smallest absolute Gasteiger partial charge is 0.202 e. The summed E-state index contributed by atoms with van der Waals surface area (Å²) in [5.41, 5.74) is 11.0. The molecule has 0 unspecified atom stereocenters. The maximum Gasteiger partial charge on any atom is 0.202 e. The lowest BCUT2D eigenvalue weighted by atomic mass is 10.1. The summed E-state index contributed by atoms with van der Waals surface area (Å²) < 4.78 is 1.92. The fourth-order valence-electron chi connectivity index (χ4n) is 2.12. The normalized spacial score (nSPS) is 11.1. The van der Waals surface area contributed by atoms with Crippen LogP contribution in [0.25, 0.3) is 11.2 Å². The van der Waals surface area contributed by atoms with Crippen LogP contribution in [0.4, 0.5) is 5.95 Å². The average molecular weight is 253 g/mol. The van der Waals surface area contributed by atoms with Crippen LogP contribution in [0.3, 0.4) is 0 Å². The van der Waals surface area contributed by atoms with Crippen LogP contribution in [0.15, 0.2) is 30.7 Å². The number of pyridine rings is 2. The summed E-state index contributed by atoms with van der Waals surface area (Å²) in [6.07, 6.45) is 5.47. The molecule has 0 spiro atoms. The van der Waals surface area contributed by atoms with Gasteiger partial charge in [-0.15, -0.1) is 0 Å². The van der Waals surface area contributed by atoms with Gasteiger partial charge in [0.15, 0.2) is 5.65 Å². The topological polar surface area (TPSA) is 69.6 Å². The summed E-state index contributed by atoms with van der Waals surface area (Å²) in [6.45, 7) is 4.69. The van der Waals surface area contributed by atoms with Gasteiger partial charge in [-0.25, -0.2) is 9.97 Å². The second-order valence-corrected chi connectivity index (χ2v) is 4.71. The molecule has 3 aromatic heterocycles. The van der Waals surface area contributed by atoms with Crippen LogP contribution in [0.1, 0.15) is 16.7 Å². The monoisotopic (exact) mass is 253 g/mol. The number of imidazole rings is 1. The van der Waals surface area contributed by atoms with Crippen molar-refractivity contribution in [3.63, 3.8) is 0 Å². The number of nitrogens with zero attached hydrogens (tertiary/aromatic N) is 4. The average Bonchev–Trinajstić information content (AvgIpc) is 2.68. The number of rotatable bonds is 2. The van der Waals surface area contributed by atoms with Crippen molar-refractivity contribution in [3.8, 4) is 0 Å². The van der Waals surface area contributed by atoms with Crippen LogP contribution in [0, 0.1) is 13.8 Å². The van der Waals surface area contributed by atoms with E-state index in [0.717, 1.165) is 22.3 Å². The Morgan fingerprint density at radius 1 is 1.26 bits per heavy atom. The largest absolute Gasteiger partial charge is 0.369 e. The highest BCUT2D eigenvalue weighted by Gasteiger charge is 2.10. The maximum atomic E-state index is 5.99. The number of aromatic nitrogens is 4. The molecule has 0 atom stereocenters. The Kier molecular flexibility index (Phi) is 2.67. The third-order valence-electron chi connectivity index (χ3n) is 3.23. The number of nitrogen functional groups attached to an aromatic ring is 1. The molecule has 5 heteroatoms. The Morgan fingerprint density at radius 3 is 2.89 bits per heavy atom. The Bertz CT molecular complexity index is 745. The van der Waals surface area contributed by atoms with Crippen molar-refractivity contribution in [2.24, 2.45) is 0 Å². The quantitative estimate of drug-likeness (QED) is 0.759. The highest BCUT2D eigenvalue weighted by Crippen LogP contribution is 2.19. The molecular formula is C14H15N5. The fraction of sp³-hybridized carbons (Fsp3) is 0.214.